The van der Waals surface area contributed by atoms with Crippen LogP contribution in [0.5, 0.6) is 5.75 Å². The Kier molecular flexibility index (Phi) is 8.33. The first-order valence-electron chi connectivity index (χ1n) is 10.9. The van der Waals surface area contributed by atoms with Gasteiger partial charge in [-0.3, -0.25) is 19.5 Å². The number of benzene rings is 1. The van der Waals surface area contributed by atoms with Crippen molar-refractivity contribution in [1.29, 1.82) is 0 Å². The number of hydrogen-bond acceptors (Lipinski definition) is 4. The second-order valence-corrected chi connectivity index (χ2v) is 8.24. The molecule has 0 aromatic heterocycles. The SMILES string of the molecule is C=CCOc1ccccc1CNC(=NC)NCCCN1C(=O)C2C3C=CC(C3)C2C1=O.I. The van der Waals surface area contributed by atoms with Crippen LogP contribution in [0.1, 0.15) is 18.4 Å². The van der Waals surface area contributed by atoms with Crippen LogP contribution in [0.2, 0.25) is 0 Å². The quantitative estimate of drug-likeness (QED) is 0.124. The van der Waals surface area contributed by atoms with Crippen LogP contribution in [0.3, 0.4) is 0 Å². The second-order valence-electron chi connectivity index (χ2n) is 8.24. The molecule has 3 aliphatic rings. The highest BCUT2D eigenvalue weighted by atomic mass is 127. The minimum Gasteiger partial charge on any atom is -0.489 e. The van der Waals surface area contributed by atoms with E-state index in [-0.39, 0.29) is 59.5 Å². The van der Waals surface area contributed by atoms with Crippen molar-refractivity contribution >= 4 is 41.8 Å². The van der Waals surface area contributed by atoms with Crippen molar-refractivity contribution in [1.82, 2.24) is 15.5 Å². The van der Waals surface area contributed by atoms with Crippen molar-refractivity contribution in [3.63, 3.8) is 0 Å². The zero-order valence-electron chi connectivity index (χ0n) is 18.3. The van der Waals surface area contributed by atoms with Crippen molar-refractivity contribution in [3.05, 3.63) is 54.6 Å². The van der Waals surface area contributed by atoms with E-state index < -0.39 is 0 Å². The van der Waals surface area contributed by atoms with E-state index in [0.717, 1.165) is 17.7 Å². The monoisotopic (exact) mass is 550 g/mol. The molecular formula is C24H31IN4O3. The van der Waals surface area contributed by atoms with Crippen molar-refractivity contribution in [2.24, 2.45) is 28.7 Å². The third-order valence-electron chi connectivity index (χ3n) is 6.41. The lowest BCUT2D eigenvalue weighted by molar-refractivity contribution is -0.140. The van der Waals surface area contributed by atoms with Gasteiger partial charge in [0.25, 0.3) is 0 Å². The molecule has 1 aromatic carbocycles. The van der Waals surface area contributed by atoms with Crippen LogP contribution in [-0.4, -0.2) is 49.4 Å². The molecule has 1 saturated heterocycles. The fraction of sp³-hybridized carbons (Fsp3) is 0.458. The Morgan fingerprint density at radius 1 is 1.19 bits per heavy atom. The number of allylic oxidation sites excluding steroid dienone is 2. The number of ether oxygens (including phenoxy) is 1. The largest absolute Gasteiger partial charge is 0.489 e. The van der Waals surface area contributed by atoms with E-state index in [4.69, 9.17) is 4.74 Å². The van der Waals surface area contributed by atoms with Gasteiger partial charge in [0.05, 0.1) is 11.8 Å². The van der Waals surface area contributed by atoms with E-state index in [1.807, 2.05) is 24.3 Å². The van der Waals surface area contributed by atoms with Crippen LogP contribution in [0.4, 0.5) is 0 Å². The van der Waals surface area contributed by atoms with Gasteiger partial charge in [-0.25, -0.2) is 0 Å². The molecular weight excluding hydrogens is 519 g/mol. The van der Waals surface area contributed by atoms with E-state index in [1.54, 1.807) is 13.1 Å². The van der Waals surface area contributed by atoms with Gasteiger partial charge >= 0.3 is 0 Å². The first-order valence-corrected chi connectivity index (χ1v) is 10.9. The highest BCUT2D eigenvalue weighted by molar-refractivity contribution is 14.0. The number of likely N-dealkylation sites (tertiary alicyclic amines) is 1. The molecule has 2 aliphatic carbocycles. The summed E-state index contributed by atoms with van der Waals surface area (Å²) in [4.78, 5) is 31.2. The number of halogens is 1. The number of carbonyl (C=O) groups is 2. The van der Waals surface area contributed by atoms with Crippen LogP contribution in [0.15, 0.2) is 54.1 Å². The average Bonchev–Trinajstić information content (AvgIpc) is 3.47. The summed E-state index contributed by atoms with van der Waals surface area (Å²) in [6.07, 6.45) is 7.61. The van der Waals surface area contributed by atoms with Gasteiger partial charge in [-0.05, 0) is 30.7 Å². The zero-order valence-corrected chi connectivity index (χ0v) is 20.7. The molecule has 2 amide bonds. The molecule has 4 atom stereocenters. The summed E-state index contributed by atoms with van der Waals surface area (Å²) in [6, 6.07) is 7.83. The van der Waals surface area contributed by atoms with E-state index in [2.05, 4.69) is 34.4 Å². The summed E-state index contributed by atoms with van der Waals surface area (Å²) in [6.45, 7) is 5.77. The summed E-state index contributed by atoms with van der Waals surface area (Å²) >= 11 is 0. The summed E-state index contributed by atoms with van der Waals surface area (Å²) in [5.41, 5.74) is 1.02. The van der Waals surface area contributed by atoms with E-state index in [9.17, 15) is 9.59 Å². The Bertz CT molecular complexity index is 886. The third kappa shape index (κ3) is 4.84. The second kappa shape index (κ2) is 11.0. The third-order valence-corrected chi connectivity index (χ3v) is 6.41. The maximum absolute atomic E-state index is 12.7. The number of guanidine groups is 1. The van der Waals surface area contributed by atoms with Crippen LogP contribution >= 0.6 is 24.0 Å². The number of hydrogen-bond donors (Lipinski definition) is 2. The molecule has 172 valence electrons. The Hall–Kier alpha value is -2.36. The number of para-hydroxylation sites is 1. The Balaban J connectivity index is 0.00000289. The Morgan fingerprint density at radius 3 is 2.53 bits per heavy atom. The maximum atomic E-state index is 12.7. The van der Waals surface area contributed by atoms with E-state index >= 15 is 0 Å². The molecule has 1 saturated carbocycles. The lowest BCUT2D eigenvalue weighted by Gasteiger charge is -2.18. The Morgan fingerprint density at radius 2 is 1.88 bits per heavy atom. The minimum atomic E-state index is -0.117. The maximum Gasteiger partial charge on any atom is 0.233 e. The molecule has 2 N–H and O–H groups in total. The number of amides is 2. The highest BCUT2D eigenvalue weighted by Crippen LogP contribution is 2.52. The average molecular weight is 550 g/mol. The number of fused-ring (bicyclic) bond motifs is 5. The fourth-order valence-corrected chi connectivity index (χ4v) is 4.97. The molecule has 0 radical (unpaired) electrons. The fourth-order valence-electron chi connectivity index (χ4n) is 4.97. The number of aliphatic imine (C=N–C) groups is 1. The van der Waals surface area contributed by atoms with E-state index in [0.29, 0.717) is 38.6 Å². The van der Waals surface area contributed by atoms with E-state index in [1.165, 1.54) is 4.90 Å². The van der Waals surface area contributed by atoms with Gasteiger partial charge in [0.1, 0.15) is 12.4 Å². The first-order chi connectivity index (χ1) is 15.1. The minimum absolute atomic E-state index is 0. The molecule has 4 unspecified atom stereocenters. The molecule has 2 fully saturated rings. The molecule has 1 heterocycles. The lowest BCUT2D eigenvalue weighted by Crippen LogP contribution is -2.39. The molecule has 8 heteroatoms. The van der Waals surface area contributed by atoms with Gasteiger partial charge in [0.2, 0.25) is 11.8 Å². The standard InChI is InChI=1S/C24H30N4O3.HI/c1-3-13-31-19-8-5-4-7-18(19)15-27-24(25-2)26-11-6-12-28-22(29)20-16-9-10-17(14-16)21(20)23(28)30;/h3-5,7-10,16-17,20-21H,1,6,11-15H2,2H3,(H2,25,26,27);1H. The molecule has 0 spiro atoms. The van der Waals surface area contributed by atoms with Gasteiger partial charge in [-0.2, -0.15) is 0 Å². The molecule has 7 nitrogen and oxygen atoms in total. The number of imide groups is 1. The zero-order chi connectivity index (χ0) is 21.8. The van der Waals surface area contributed by atoms with Crippen molar-refractivity contribution < 1.29 is 14.3 Å². The topological polar surface area (TPSA) is 83.0 Å². The molecule has 32 heavy (non-hydrogen) atoms. The normalized spacial score (nSPS) is 25.5. The summed E-state index contributed by atoms with van der Waals surface area (Å²) in [7, 11) is 1.72. The molecule has 1 aliphatic heterocycles. The van der Waals surface area contributed by atoms with Gasteiger partial charge in [0.15, 0.2) is 5.96 Å². The highest BCUT2D eigenvalue weighted by Gasteiger charge is 2.58. The Labute approximate surface area is 206 Å². The summed E-state index contributed by atoms with van der Waals surface area (Å²) in [5, 5.41) is 6.53. The number of nitrogens with one attached hydrogen (secondary N) is 2. The predicted molar refractivity (Wildman–Crippen MR) is 135 cm³/mol. The molecule has 1 aromatic rings. The van der Waals surface area contributed by atoms with Crippen LogP contribution < -0.4 is 15.4 Å². The van der Waals surface area contributed by atoms with Crippen molar-refractivity contribution in [2.75, 3.05) is 26.7 Å². The van der Waals surface area contributed by atoms with Gasteiger partial charge in [-0.15, -0.1) is 24.0 Å². The van der Waals surface area contributed by atoms with Crippen molar-refractivity contribution in [2.45, 2.75) is 19.4 Å². The van der Waals surface area contributed by atoms with Crippen LogP contribution in [0.25, 0.3) is 0 Å². The number of carbonyl (C=O) groups excluding carboxylic acids is 2. The predicted octanol–water partition coefficient (Wildman–Crippen LogP) is 2.73. The van der Waals surface area contributed by atoms with Gasteiger partial charge in [0, 0.05) is 32.2 Å². The van der Waals surface area contributed by atoms with Crippen LogP contribution in [0, 0.1) is 23.7 Å². The first kappa shape index (κ1) is 24.3. The summed E-state index contributed by atoms with van der Waals surface area (Å²) in [5.74, 6) is 1.80. The van der Waals surface area contributed by atoms with Gasteiger partial charge < -0.3 is 15.4 Å². The molecule has 2 bridgehead atoms. The summed E-state index contributed by atoms with van der Waals surface area (Å²) < 4.78 is 5.69. The lowest BCUT2D eigenvalue weighted by atomic mass is 9.85. The number of nitrogens with zero attached hydrogens (tertiary/aromatic N) is 2. The van der Waals surface area contributed by atoms with Crippen molar-refractivity contribution in [3.8, 4) is 5.75 Å². The number of rotatable bonds is 9. The van der Waals surface area contributed by atoms with Crippen LogP contribution in [-0.2, 0) is 16.1 Å². The smallest absolute Gasteiger partial charge is 0.233 e. The van der Waals surface area contributed by atoms with Gasteiger partial charge in [-0.1, -0.05) is 43.0 Å². The molecule has 4 rings (SSSR count).